The fraction of sp³-hybridized carbons (Fsp3) is 0.467. The number of rotatable bonds is 7. The van der Waals surface area contributed by atoms with E-state index in [-0.39, 0.29) is 12.5 Å². The first kappa shape index (κ1) is 16.8. The van der Waals surface area contributed by atoms with Gasteiger partial charge in [-0.15, -0.1) is 0 Å². The molecule has 0 saturated carbocycles. The Hall–Kier alpha value is -2.24. The van der Waals surface area contributed by atoms with Crippen LogP contribution in [0, 0.1) is 11.8 Å². The molecule has 6 heteroatoms. The normalized spacial score (nSPS) is 11.8. The van der Waals surface area contributed by atoms with Gasteiger partial charge in [-0.2, -0.15) is 0 Å². The van der Waals surface area contributed by atoms with Gasteiger partial charge in [0.05, 0.1) is 18.7 Å². The van der Waals surface area contributed by atoms with E-state index in [2.05, 4.69) is 10.6 Å². The number of hydrogen-bond acceptors (Lipinski definition) is 3. The Morgan fingerprint density at radius 1 is 1.29 bits per heavy atom. The first-order chi connectivity index (χ1) is 9.93. The molecule has 0 bridgehead atoms. The molecule has 3 N–H and O–H groups in total. The number of nitrogens with one attached hydrogen (secondary N) is 2. The van der Waals surface area contributed by atoms with Gasteiger partial charge in [0, 0.05) is 6.54 Å². The summed E-state index contributed by atoms with van der Waals surface area (Å²) in [5.74, 6) is -0.690. The summed E-state index contributed by atoms with van der Waals surface area (Å²) >= 11 is 0. The van der Waals surface area contributed by atoms with Crippen LogP contribution in [0.15, 0.2) is 24.3 Å². The lowest BCUT2D eigenvalue weighted by atomic mass is 9.97. The van der Waals surface area contributed by atoms with Gasteiger partial charge < -0.3 is 20.5 Å². The Labute approximate surface area is 124 Å². The van der Waals surface area contributed by atoms with Gasteiger partial charge in [-0.1, -0.05) is 26.0 Å². The van der Waals surface area contributed by atoms with Gasteiger partial charge in [0.1, 0.15) is 5.75 Å². The Bertz CT molecular complexity index is 488. The SMILES string of the molecule is COc1ccccc1NC(=O)NCC(CC(C)C)C(=O)O. The average molecular weight is 294 g/mol. The minimum Gasteiger partial charge on any atom is -0.495 e. The van der Waals surface area contributed by atoms with E-state index in [1.807, 2.05) is 13.8 Å². The molecule has 116 valence electrons. The van der Waals surface area contributed by atoms with Crippen LogP contribution in [0.5, 0.6) is 5.75 Å². The van der Waals surface area contributed by atoms with Gasteiger partial charge in [-0.3, -0.25) is 4.79 Å². The van der Waals surface area contributed by atoms with Crippen LogP contribution in [0.3, 0.4) is 0 Å². The summed E-state index contributed by atoms with van der Waals surface area (Å²) in [7, 11) is 1.52. The lowest BCUT2D eigenvalue weighted by Crippen LogP contribution is -2.36. The fourth-order valence-corrected chi connectivity index (χ4v) is 1.97. The predicted molar refractivity (Wildman–Crippen MR) is 80.6 cm³/mol. The number of urea groups is 1. The van der Waals surface area contributed by atoms with E-state index < -0.39 is 17.9 Å². The van der Waals surface area contributed by atoms with E-state index in [0.717, 1.165) is 0 Å². The third kappa shape index (κ3) is 5.72. The van der Waals surface area contributed by atoms with Crippen molar-refractivity contribution in [2.75, 3.05) is 19.0 Å². The van der Waals surface area contributed by atoms with E-state index in [0.29, 0.717) is 17.9 Å². The van der Waals surface area contributed by atoms with Crippen molar-refractivity contribution in [2.45, 2.75) is 20.3 Å². The highest BCUT2D eigenvalue weighted by Crippen LogP contribution is 2.22. The van der Waals surface area contributed by atoms with Crippen LogP contribution in [0.25, 0.3) is 0 Å². The zero-order valence-corrected chi connectivity index (χ0v) is 12.6. The second-order valence-electron chi connectivity index (χ2n) is 5.20. The number of carboxylic acids is 1. The van der Waals surface area contributed by atoms with Crippen LogP contribution in [0.4, 0.5) is 10.5 Å². The van der Waals surface area contributed by atoms with Crippen molar-refractivity contribution in [3.63, 3.8) is 0 Å². The number of benzene rings is 1. The standard InChI is InChI=1S/C15H22N2O4/c1-10(2)8-11(14(18)19)9-16-15(20)17-12-6-4-5-7-13(12)21-3/h4-7,10-11H,8-9H2,1-3H3,(H,18,19)(H2,16,17,20). The van der Waals surface area contributed by atoms with Crippen molar-refractivity contribution in [3.05, 3.63) is 24.3 Å². The molecule has 1 unspecified atom stereocenters. The summed E-state index contributed by atoms with van der Waals surface area (Å²) in [6, 6.07) is 6.56. The Morgan fingerprint density at radius 3 is 2.52 bits per heavy atom. The quantitative estimate of drug-likeness (QED) is 0.721. The zero-order valence-electron chi connectivity index (χ0n) is 12.6. The van der Waals surface area contributed by atoms with Crippen molar-refractivity contribution in [2.24, 2.45) is 11.8 Å². The molecule has 0 aliphatic carbocycles. The molecule has 1 rings (SSSR count). The van der Waals surface area contributed by atoms with Crippen molar-refractivity contribution < 1.29 is 19.4 Å². The second-order valence-corrected chi connectivity index (χ2v) is 5.20. The van der Waals surface area contributed by atoms with E-state index in [4.69, 9.17) is 9.84 Å². The molecule has 1 aromatic rings. The Balaban J connectivity index is 2.55. The molecule has 0 aliphatic heterocycles. The number of anilines is 1. The van der Waals surface area contributed by atoms with Crippen LogP contribution in [-0.4, -0.2) is 30.8 Å². The van der Waals surface area contributed by atoms with Crippen LogP contribution in [-0.2, 0) is 4.79 Å². The van der Waals surface area contributed by atoms with E-state index >= 15 is 0 Å². The van der Waals surface area contributed by atoms with Gasteiger partial charge in [-0.05, 0) is 24.5 Å². The minimum atomic E-state index is -0.902. The van der Waals surface area contributed by atoms with Crippen LogP contribution >= 0.6 is 0 Å². The summed E-state index contributed by atoms with van der Waals surface area (Å²) in [6.45, 7) is 3.99. The monoisotopic (exact) mass is 294 g/mol. The maximum Gasteiger partial charge on any atom is 0.319 e. The second kappa shape index (κ2) is 8.14. The van der Waals surface area contributed by atoms with Gasteiger partial charge in [0.2, 0.25) is 0 Å². The Morgan fingerprint density at radius 2 is 1.95 bits per heavy atom. The summed E-state index contributed by atoms with van der Waals surface area (Å²) in [6.07, 6.45) is 0.518. The molecular weight excluding hydrogens is 272 g/mol. The van der Waals surface area contributed by atoms with E-state index in [1.54, 1.807) is 24.3 Å². The lowest BCUT2D eigenvalue weighted by Gasteiger charge is -2.16. The van der Waals surface area contributed by atoms with Gasteiger partial charge in [0.15, 0.2) is 0 Å². The first-order valence-corrected chi connectivity index (χ1v) is 6.84. The molecule has 0 fully saturated rings. The number of para-hydroxylation sites is 2. The number of ether oxygens (including phenoxy) is 1. The molecule has 6 nitrogen and oxygen atoms in total. The van der Waals surface area contributed by atoms with Crippen LogP contribution in [0.1, 0.15) is 20.3 Å². The molecule has 0 spiro atoms. The molecule has 0 saturated heterocycles. The number of amides is 2. The van der Waals surface area contributed by atoms with Crippen molar-refractivity contribution in [3.8, 4) is 5.75 Å². The molecule has 0 aromatic heterocycles. The smallest absolute Gasteiger partial charge is 0.319 e. The molecule has 1 aromatic carbocycles. The Kier molecular flexibility index (Phi) is 6.52. The minimum absolute atomic E-state index is 0.0918. The number of aliphatic carboxylic acids is 1. The highest BCUT2D eigenvalue weighted by molar-refractivity contribution is 5.91. The zero-order chi connectivity index (χ0) is 15.8. The third-order valence-corrected chi connectivity index (χ3v) is 2.97. The highest BCUT2D eigenvalue weighted by Gasteiger charge is 2.19. The van der Waals surface area contributed by atoms with Crippen LogP contribution in [0.2, 0.25) is 0 Å². The molecular formula is C15H22N2O4. The lowest BCUT2D eigenvalue weighted by molar-refractivity contribution is -0.142. The molecule has 0 radical (unpaired) electrons. The first-order valence-electron chi connectivity index (χ1n) is 6.84. The highest BCUT2D eigenvalue weighted by atomic mass is 16.5. The number of hydrogen-bond donors (Lipinski definition) is 3. The summed E-state index contributed by atoms with van der Waals surface area (Å²) in [4.78, 5) is 22.9. The molecule has 1 atom stereocenters. The van der Waals surface area contributed by atoms with Crippen molar-refractivity contribution in [1.82, 2.24) is 5.32 Å². The van der Waals surface area contributed by atoms with E-state index in [9.17, 15) is 9.59 Å². The average Bonchev–Trinajstić information content (AvgIpc) is 2.43. The number of carbonyl (C=O) groups excluding carboxylic acids is 1. The van der Waals surface area contributed by atoms with Gasteiger partial charge in [-0.25, -0.2) is 4.79 Å². The molecule has 0 heterocycles. The summed E-state index contributed by atoms with van der Waals surface area (Å²) < 4.78 is 5.13. The number of methoxy groups -OCH3 is 1. The third-order valence-electron chi connectivity index (χ3n) is 2.97. The largest absolute Gasteiger partial charge is 0.495 e. The predicted octanol–water partition coefficient (Wildman–Crippen LogP) is 2.56. The molecule has 21 heavy (non-hydrogen) atoms. The van der Waals surface area contributed by atoms with Crippen molar-refractivity contribution >= 4 is 17.7 Å². The van der Waals surface area contributed by atoms with Crippen molar-refractivity contribution in [1.29, 1.82) is 0 Å². The molecule has 0 aliphatic rings. The topological polar surface area (TPSA) is 87.7 Å². The van der Waals surface area contributed by atoms with Gasteiger partial charge in [0.25, 0.3) is 0 Å². The molecule has 2 amide bonds. The maximum absolute atomic E-state index is 11.8. The fourth-order valence-electron chi connectivity index (χ4n) is 1.97. The summed E-state index contributed by atoms with van der Waals surface area (Å²) in [5, 5.41) is 14.3. The van der Waals surface area contributed by atoms with Gasteiger partial charge >= 0.3 is 12.0 Å². The van der Waals surface area contributed by atoms with Crippen LogP contribution < -0.4 is 15.4 Å². The number of carbonyl (C=O) groups is 2. The maximum atomic E-state index is 11.8. The van der Waals surface area contributed by atoms with E-state index in [1.165, 1.54) is 7.11 Å². The summed E-state index contributed by atoms with van der Waals surface area (Å²) in [5.41, 5.74) is 0.535. The number of carboxylic acid groups (broad SMARTS) is 1.